The third-order valence-corrected chi connectivity index (χ3v) is 3.73. The first-order valence-corrected chi connectivity index (χ1v) is 8.34. The monoisotopic (exact) mass is 340 g/mol. The zero-order valence-electron chi connectivity index (χ0n) is 14.3. The molecule has 25 heavy (non-hydrogen) atoms. The Hall–Kier alpha value is -2.73. The van der Waals surface area contributed by atoms with Gasteiger partial charge in [0.2, 0.25) is 5.91 Å². The van der Waals surface area contributed by atoms with Gasteiger partial charge >= 0.3 is 0 Å². The quantitative estimate of drug-likeness (QED) is 0.674. The van der Waals surface area contributed by atoms with E-state index in [1.807, 2.05) is 37.3 Å². The Labute approximate surface area is 147 Å². The first-order chi connectivity index (χ1) is 12.1. The normalized spacial score (nSPS) is 12.9. The van der Waals surface area contributed by atoms with Crippen molar-refractivity contribution in [3.63, 3.8) is 0 Å². The first kappa shape index (κ1) is 18.6. The number of carbonyl (C=O) groups is 2. The van der Waals surface area contributed by atoms with Crippen molar-refractivity contribution in [3.05, 3.63) is 66.0 Å². The Bertz CT molecular complexity index is 674. The molecule has 0 saturated heterocycles. The summed E-state index contributed by atoms with van der Waals surface area (Å²) in [6.45, 7) is 2.36. The van der Waals surface area contributed by atoms with Crippen LogP contribution >= 0.6 is 0 Å². The molecule has 2 rings (SSSR count). The third kappa shape index (κ3) is 6.35. The second-order valence-corrected chi connectivity index (χ2v) is 6.01. The van der Waals surface area contributed by atoms with Crippen LogP contribution < -0.4 is 16.4 Å². The van der Waals surface area contributed by atoms with E-state index < -0.39 is 6.04 Å². The van der Waals surface area contributed by atoms with Gasteiger partial charge < -0.3 is 16.4 Å². The summed E-state index contributed by atoms with van der Waals surface area (Å²) in [6, 6.07) is 12.3. The molecule has 0 fully saturated rings. The fraction of sp³-hybridized carbons (Fsp3) is 0.316. The average molecular weight is 340 g/mol. The number of hydrogen-bond acceptors (Lipinski definition) is 4. The summed E-state index contributed by atoms with van der Waals surface area (Å²) in [4.78, 5) is 28.8. The van der Waals surface area contributed by atoms with E-state index in [1.165, 1.54) is 6.20 Å². The fourth-order valence-electron chi connectivity index (χ4n) is 2.34. The molecule has 2 atom stereocenters. The number of nitrogens with one attached hydrogen (secondary N) is 2. The van der Waals surface area contributed by atoms with E-state index in [2.05, 4.69) is 15.6 Å². The zero-order valence-corrected chi connectivity index (χ0v) is 14.3. The molecular formula is C19H24N4O2. The van der Waals surface area contributed by atoms with Crippen molar-refractivity contribution in [2.45, 2.75) is 31.8 Å². The van der Waals surface area contributed by atoms with Gasteiger partial charge in [-0.25, -0.2) is 0 Å². The molecule has 2 unspecified atom stereocenters. The summed E-state index contributed by atoms with van der Waals surface area (Å²) in [6.07, 6.45) is 4.17. The molecule has 0 bridgehead atoms. The number of aromatic nitrogens is 1. The van der Waals surface area contributed by atoms with Crippen LogP contribution in [0.2, 0.25) is 0 Å². The van der Waals surface area contributed by atoms with Gasteiger partial charge in [-0.15, -0.1) is 0 Å². The summed E-state index contributed by atoms with van der Waals surface area (Å²) in [5.41, 5.74) is 7.10. The molecule has 1 aromatic carbocycles. The first-order valence-electron chi connectivity index (χ1n) is 8.34. The summed E-state index contributed by atoms with van der Waals surface area (Å²) in [7, 11) is 0. The molecule has 0 aliphatic carbocycles. The molecule has 2 aromatic rings. The summed E-state index contributed by atoms with van der Waals surface area (Å²) in [5, 5.41) is 5.64. The summed E-state index contributed by atoms with van der Waals surface area (Å²) in [5.74, 6) is -0.543. The Morgan fingerprint density at radius 2 is 1.92 bits per heavy atom. The number of rotatable bonds is 8. The fourth-order valence-corrected chi connectivity index (χ4v) is 2.34. The van der Waals surface area contributed by atoms with Crippen molar-refractivity contribution in [1.82, 2.24) is 15.6 Å². The molecule has 132 valence electrons. The van der Waals surface area contributed by atoms with Crippen LogP contribution in [0.5, 0.6) is 0 Å². The highest BCUT2D eigenvalue weighted by molar-refractivity contribution is 5.97. The number of hydrogen-bond donors (Lipinski definition) is 3. The van der Waals surface area contributed by atoms with Crippen LogP contribution in [-0.2, 0) is 11.2 Å². The number of nitrogens with two attached hydrogens (primary N) is 1. The predicted octanol–water partition coefficient (Wildman–Crippen LogP) is 1.28. The lowest BCUT2D eigenvalue weighted by Gasteiger charge is -2.19. The van der Waals surface area contributed by atoms with Gasteiger partial charge in [-0.3, -0.25) is 14.6 Å². The average Bonchev–Trinajstić information content (AvgIpc) is 2.62. The van der Waals surface area contributed by atoms with Crippen molar-refractivity contribution in [2.75, 3.05) is 6.54 Å². The zero-order chi connectivity index (χ0) is 18.1. The molecular weight excluding hydrogens is 316 g/mol. The van der Waals surface area contributed by atoms with Crippen molar-refractivity contribution in [2.24, 2.45) is 5.73 Å². The maximum atomic E-state index is 12.5. The van der Waals surface area contributed by atoms with E-state index in [9.17, 15) is 9.59 Å². The molecule has 6 nitrogen and oxygen atoms in total. The van der Waals surface area contributed by atoms with Crippen molar-refractivity contribution in [1.29, 1.82) is 0 Å². The van der Waals surface area contributed by atoms with Crippen LogP contribution in [-0.4, -0.2) is 35.4 Å². The van der Waals surface area contributed by atoms with Gasteiger partial charge in [-0.1, -0.05) is 30.3 Å². The van der Waals surface area contributed by atoms with Crippen LogP contribution in [0.25, 0.3) is 0 Å². The topological polar surface area (TPSA) is 97.1 Å². The number of benzene rings is 1. The van der Waals surface area contributed by atoms with E-state index in [0.717, 1.165) is 5.56 Å². The predicted molar refractivity (Wildman–Crippen MR) is 96.9 cm³/mol. The lowest BCUT2D eigenvalue weighted by molar-refractivity contribution is -0.122. The lowest BCUT2D eigenvalue weighted by Crippen LogP contribution is -2.48. The van der Waals surface area contributed by atoms with Gasteiger partial charge in [-0.2, -0.15) is 0 Å². The Morgan fingerprint density at radius 3 is 2.56 bits per heavy atom. The van der Waals surface area contributed by atoms with Crippen LogP contribution in [0.4, 0.5) is 0 Å². The maximum absolute atomic E-state index is 12.5. The molecule has 0 aliphatic heterocycles. The van der Waals surface area contributed by atoms with E-state index in [4.69, 9.17) is 5.73 Å². The van der Waals surface area contributed by atoms with Gasteiger partial charge in [0, 0.05) is 31.4 Å². The Morgan fingerprint density at radius 1 is 1.16 bits per heavy atom. The molecule has 0 radical (unpaired) electrons. The number of carbonyl (C=O) groups excluding carboxylic acids is 2. The molecule has 1 aromatic heterocycles. The highest BCUT2D eigenvalue weighted by atomic mass is 16.2. The maximum Gasteiger partial charge on any atom is 0.253 e. The molecule has 0 saturated carbocycles. The molecule has 6 heteroatoms. The molecule has 0 spiro atoms. The lowest BCUT2D eigenvalue weighted by atomic mass is 10.0. The minimum absolute atomic E-state index is 0.0119. The minimum atomic E-state index is -0.664. The van der Waals surface area contributed by atoms with E-state index in [0.29, 0.717) is 24.9 Å². The minimum Gasteiger partial charge on any atom is -0.354 e. The van der Waals surface area contributed by atoms with Crippen molar-refractivity contribution < 1.29 is 9.59 Å². The van der Waals surface area contributed by atoms with E-state index in [1.54, 1.807) is 18.3 Å². The Balaban J connectivity index is 2.05. The Kier molecular flexibility index (Phi) is 7.10. The highest BCUT2D eigenvalue weighted by Gasteiger charge is 2.21. The van der Waals surface area contributed by atoms with Crippen LogP contribution in [0.15, 0.2) is 54.9 Å². The smallest absolute Gasteiger partial charge is 0.253 e. The van der Waals surface area contributed by atoms with Crippen LogP contribution in [0.1, 0.15) is 29.3 Å². The van der Waals surface area contributed by atoms with Crippen molar-refractivity contribution >= 4 is 11.8 Å². The summed E-state index contributed by atoms with van der Waals surface area (Å²) < 4.78 is 0. The van der Waals surface area contributed by atoms with Crippen molar-refractivity contribution in [3.8, 4) is 0 Å². The number of nitrogens with zero attached hydrogens (tertiary/aromatic N) is 1. The largest absolute Gasteiger partial charge is 0.354 e. The summed E-state index contributed by atoms with van der Waals surface area (Å²) >= 11 is 0. The van der Waals surface area contributed by atoms with Crippen LogP contribution in [0, 0.1) is 0 Å². The van der Waals surface area contributed by atoms with E-state index >= 15 is 0 Å². The second kappa shape index (κ2) is 9.54. The highest BCUT2D eigenvalue weighted by Crippen LogP contribution is 2.05. The standard InChI is InChI=1S/C19H24N4O2/c1-14(20)9-11-22-19(25)17(12-15-6-3-2-4-7-15)23-18(24)16-8-5-10-21-13-16/h2-8,10,13-14,17H,9,11-12,20H2,1H3,(H,22,25)(H,23,24). The van der Waals surface area contributed by atoms with E-state index in [-0.39, 0.29) is 17.9 Å². The van der Waals surface area contributed by atoms with Gasteiger partial charge in [0.05, 0.1) is 5.56 Å². The van der Waals surface area contributed by atoms with Gasteiger partial charge in [0.1, 0.15) is 6.04 Å². The third-order valence-electron chi connectivity index (χ3n) is 3.73. The molecule has 2 amide bonds. The van der Waals surface area contributed by atoms with Gasteiger partial charge in [-0.05, 0) is 31.0 Å². The number of pyridine rings is 1. The van der Waals surface area contributed by atoms with Crippen LogP contribution in [0.3, 0.4) is 0 Å². The SMILES string of the molecule is CC(N)CCNC(=O)C(Cc1ccccc1)NC(=O)c1cccnc1. The second-order valence-electron chi connectivity index (χ2n) is 6.01. The molecule has 4 N–H and O–H groups in total. The van der Waals surface area contributed by atoms with Gasteiger partial charge in [0.15, 0.2) is 0 Å². The van der Waals surface area contributed by atoms with Gasteiger partial charge in [0.25, 0.3) is 5.91 Å². The molecule has 1 heterocycles. The number of amides is 2. The molecule has 0 aliphatic rings.